The number of hydrogen-bond donors (Lipinski definition) is 1. The Morgan fingerprint density at radius 3 is 3.05 bits per heavy atom. The van der Waals surface area contributed by atoms with Crippen molar-refractivity contribution < 1.29 is 9.32 Å². The first-order valence-electron chi connectivity index (χ1n) is 6.97. The Kier molecular flexibility index (Phi) is 4.52. The van der Waals surface area contributed by atoms with Gasteiger partial charge in [-0.25, -0.2) is 0 Å². The Balaban J connectivity index is 2.02. The minimum absolute atomic E-state index is 0.104. The maximum absolute atomic E-state index is 12.2. The minimum Gasteiger partial charge on any atom is -0.337 e. The SMILES string of the molecule is CCCC(C)N(C)C(=O)c1noc(C2CCCN2)n1. The monoisotopic (exact) mass is 266 g/mol. The van der Waals surface area contributed by atoms with Crippen molar-refractivity contribution in [3.8, 4) is 0 Å². The van der Waals surface area contributed by atoms with Crippen LogP contribution in [0.25, 0.3) is 0 Å². The van der Waals surface area contributed by atoms with Gasteiger partial charge in [-0.3, -0.25) is 4.79 Å². The topological polar surface area (TPSA) is 71.3 Å². The molecule has 0 bridgehead atoms. The molecule has 2 heterocycles. The van der Waals surface area contributed by atoms with Gasteiger partial charge >= 0.3 is 0 Å². The molecule has 6 heteroatoms. The molecule has 1 aromatic heterocycles. The Hall–Kier alpha value is -1.43. The van der Waals surface area contributed by atoms with E-state index in [1.165, 1.54) is 0 Å². The summed E-state index contributed by atoms with van der Waals surface area (Å²) in [6, 6.07) is 0.288. The van der Waals surface area contributed by atoms with Gasteiger partial charge in [0.1, 0.15) is 0 Å². The molecule has 1 N–H and O–H groups in total. The number of carbonyl (C=O) groups excluding carboxylic acids is 1. The fourth-order valence-corrected chi connectivity index (χ4v) is 2.33. The molecule has 0 saturated carbocycles. The van der Waals surface area contributed by atoms with Gasteiger partial charge in [-0.2, -0.15) is 4.98 Å². The second-order valence-corrected chi connectivity index (χ2v) is 5.16. The summed E-state index contributed by atoms with van der Waals surface area (Å²) < 4.78 is 5.19. The van der Waals surface area contributed by atoms with E-state index in [1.807, 2.05) is 6.92 Å². The van der Waals surface area contributed by atoms with E-state index in [0.29, 0.717) is 5.89 Å². The summed E-state index contributed by atoms with van der Waals surface area (Å²) in [5.74, 6) is 0.514. The zero-order chi connectivity index (χ0) is 13.8. The second kappa shape index (κ2) is 6.14. The Labute approximate surface area is 113 Å². The molecule has 1 aromatic rings. The first kappa shape index (κ1) is 14.0. The van der Waals surface area contributed by atoms with Crippen LogP contribution < -0.4 is 5.32 Å². The third-order valence-electron chi connectivity index (χ3n) is 3.68. The lowest BCUT2D eigenvalue weighted by Crippen LogP contribution is -2.35. The average molecular weight is 266 g/mol. The van der Waals surface area contributed by atoms with Crippen molar-refractivity contribution in [3.05, 3.63) is 11.7 Å². The molecule has 0 aliphatic carbocycles. The lowest BCUT2D eigenvalue weighted by molar-refractivity contribution is 0.0721. The normalized spacial score (nSPS) is 20.5. The van der Waals surface area contributed by atoms with Crippen molar-refractivity contribution in [2.45, 2.75) is 51.6 Å². The van der Waals surface area contributed by atoms with Crippen LogP contribution >= 0.6 is 0 Å². The maximum atomic E-state index is 12.2. The van der Waals surface area contributed by atoms with Crippen LogP contribution in [0.2, 0.25) is 0 Å². The fraction of sp³-hybridized carbons (Fsp3) is 0.769. The van der Waals surface area contributed by atoms with E-state index >= 15 is 0 Å². The molecule has 2 unspecified atom stereocenters. The number of amides is 1. The van der Waals surface area contributed by atoms with E-state index in [-0.39, 0.29) is 23.8 Å². The van der Waals surface area contributed by atoms with Crippen LogP contribution in [0.3, 0.4) is 0 Å². The highest BCUT2D eigenvalue weighted by atomic mass is 16.5. The molecule has 0 spiro atoms. The summed E-state index contributed by atoms with van der Waals surface area (Å²) in [5.41, 5.74) is 0. The fourth-order valence-electron chi connectivity index (χ4n) is 2.33. The third-order valence-corrected chi connectivity index (χ3v) is 3.68. The van der Waals surface area contributed by atoms with Crippen molar-refractivity contribution in [1.29, 1.82) is 0 Å². The molecule has 6 nitrogen and oxygen atoms in total. The Morgan fingerprint density at radius 1 is 1.63 bits per heavy atom. The number of nitrogens with zero attached hydrogens (tertiary/aromatic N) is 3. The number of hydrogen-bond acceptors (Lipinski definition) is 5. The molecule has 2 rings (SSSR count). The summed E-state index contributed by atoms with van der Waals surface area (Å²) >= 11 is 0. The molecule has 1 amide bonds. The van der Waals surface area contributed by atoms with Crippen molar-refractivity contribution in [1.82, 2.24) is 20.4 Å². The maximum Gasteiger partial charge on any atom is 0.295 e. The van der Waals surface area contributed by atoms with E-state index in [4.69, 9.17) is 4.52 Å². The molecule has 106 valence electrons. The average Bonchev–Trinajstić information content (AvgIpc) is 3.07. The molecule has 2 atom stereocenters. The highest BCUT2D eigenvalue weighted by molar-refractivity contribution is 5.90. The van der Waals surface area contributed by atoms with Gasteiger partial charge in [-0.05, 0) is 32.7 Å². The third kappa shape index (κ3) is 3.12. The van der Waals surface area contributed by atoms with E-state index < -0.39 is 0 Å². The second-order valence-electron chi connectivity index (χ2n) is 5.16. The first-order chi connectivity index (χ1) is 9.13. The predicted octanol–water partition coefficient (Wildman–Crippen LogP) is 1.75. The Morgan fingerprint density at radius 2 is 2.42 bits per heavy atom. The van der Waals surface area contributed by atoms with E-state index in [0.717, 1.165) is 32.2 Å². The summed E-state index contributed by atoms with van der Waals surface area (Å²) in [6.07, 6.45) is 4.10. The molecule has 19 heavy (non-hydrogen) atoms. The summed E-state index contributed by atoms with van der Waals surface area (Å²) in [6.45, 7) is 5.09. The number of aromatic nitrogens is 2. The van der Waals surface area contributed by atoms with Crippen molar-refractivity contribution in [3.63, 3.8) is 0 Å². The van der Waals surface area contributed by atoms with Gasteiger partial charge in [-0.15, -0.1) is 0 Å². The number of nitrogens with one attached hydrogen (secondary N) is 1. The molecular weight excluding hydrogens is 244 g/mol. The van der Waals surface area contributed by atoms with Gasteiger partial charge in [0.15, 0.2) is 0 Å². The van der Waals surface area contributed by atoms with Crippen LogP contribution in [0, 0.1) is 0 Å². The molecule has 0 aromatic carbocycles. The number of rotatable bonds is 5. The molecule has 0 radical (unpaired) electrons. The van der Waals surface area contributed by atoms with Gasteiger partial charge in [0, 0.05) is 13.1 Å². The lowest BCUT2D eigenvalue weighted by atomic mass is 10.2. The highest BCUT2D eigenvalue weighted by Gasteiger charge is 2.26. The highest BCUT2D eigenvalue weighted by Crippen LogP contribution is 2.21. The zero-order valence-corrected chi connectivity index (χ0v) is 11.8. The zero-order valence-electron chi connectivity index (χ0n) is 11.8. The van der Waals surface area contributed by atoms with Crippen LogP contribution in [0.1, 0.15) is 62.1 Å². The smallest absolute Gasteiger partial charge is 0.295 e. The number of carbonyl (C=O) groups is 1. The summed E-state index contributed by atoms with van der Waals surface area (Å²) in [4.78, 5) is 18.1. The predicted molar refractivity (Wildman–Crippen MR) is 70.7 cm³/mol. The van der Waals surface area contributed by atoms with Crippen molar-refractivity contribution in [2.75, 3.05) is 13.6 Å². The van der Waals surface area contributed by atoms with Crippen LogP contribution in [0.4, 0.5) is 0 Å². The van der Waals surface area contributed by atoms with Gasteiger partial charge in [0.2, 0.25) is 5.89 Å². The van der Waals surface area contributed by atoms with Crippen molar-refractivity contribution in [2.24, 2.45) is 0 Å². The summed E-state index contributed by atoms with van der Waals surface area (Å²) in [5, 5.41) is 7.08. The quantitative estimate of drug-likeness (QED) is 0.879. The standard InChI is InChI=1S/C13H22N4O2/c1-4-6-9(2)17(3)13(18)11-15-12(19-16-11)10-7-5-8-14-10/h9-10,14H,4-8H2,1-3H3. The van der Waals surface area contributed by atoms with Gasteiger partial charge < -0.3 is 14.7 Å². The van der Waals surface area contributed by atoms with Gasteiger partial charge in [-0.1, -0.05) is 18.5 Å². The van der Waals surface area contributed by atoms with Crippen molar-refractivity contribution >= 4 is 5.91 Å². The lowest BCUT2D eigenvalue weighted by Gasteiger charge is -2.22. The van der Waals surface area contributed by atoms with Crippen LogP contribution in [-0.2, 0) is 0 Å². The summed E-state index contributed by atoms with van der Waals surface area (Å²) in [7, 11) is 1.78. The van der Waals surface area contributed by atoms with Gasteiger partial charge in [0.05, 0.1) is 6.04 Å². The van der Waals surface area contributed by atoms with Crippen LogP contribution in [0.5, 0.6) is 0 Å². The molecule has 1 aliphatic heterocycles. The van der Waals surface area contributed by atoms with Crippen LogP contribution in [-0.4, -0.2) is 40.6 Å². The molecular formula is C13H22N4O2. The van der Waals surface area contributed by atoms with E-state index in [2.05, 4.69) is 22.4 Å². The Bertz CT molecular complexity index is 426. The largest absolute Gasteiger partial charge is 0.337 e. The molecule has 1 fully saturated rings. The first-order valence-corrected chi connectivity index (χ1v) is 6.97. The molecule has 1 saturated heterocycles. The van der Waals surface area contributed by atoms with Crippen LogP contribution in [0.15, 0.2) is 4.52 Å². The van der Waals surface area contributed by atoms with E-state index in [1.54, 1.807) is 11.9 Å². The van der Waals surface area contributed by atoms with E-state index in [9.17, 15) is 4.79 Å². The minimum atomic E-state index is -0.172. The van der Waals surface area contributed by atoms with Gasteiger partial charge in [0.25, 0.3) is 11.7 Å². The molecule has 1 aliphatic rings.